The fraction of sp³-hybridized carbons (Fsp3) is 0.458. The third-order valence-electron chi connectivity index (χ3n) is 5.69. The van der Waals surface area contributed by atoms with Crippen LogP contribution in [0.5, 0.6) is 0 Å². The van der Waals surface area contributed by atoms with E-state index in [2.05, 4.69) is 16.7 Å². The number of nitrogens with zero attached hydrogens (tertiary/aromatic N) is 1. The molecule has 0 aliphatic carbocycles. The number of amides is 1. The predicted molar refractivity (Wildman–Crippen MR) is 123 cm³/mol. The maximum atomic E-state index is 13.4. The number of rotatable bonds is 6. The molecule has 1 saturated heterocycles. The van der Waals surface area contributed by atoms with Crippen LogP contribution >= 0.6 is 11.8 Å². The number of hydrogen-bond acceptors (Lipinski definition) is 8. The molecule has 174 valence electrons. The maximum Gasteiger partial charge on any atom is 0.344 e. The first-order valence-electron chi connectivity index (χ1n) is 10.9. The molecule has 0 radical (unpaired) electrons. The van der Waals surface area contributed by atoms with E-state index in [9.17, 15) is 14.9 Å². The first-order chi connectivity index (χ1) is 15.8. The minimum atomic E-state index is -1.56. The van der Waals surface area contributed by atoms with E-state index in [1.807, 2.05) is 30.3 Å². The van der Waals surface area contributed by atoms with Gasteiger partial charge in [-0.2, -0.15) is 5.26 Å². The zero-order chi connectivity index (χ0) is 23.5. The average Bonchev–Trinajstić information content (AvgIpc) is 3.33. The highest BCUT2D eigenvalue weighted by atomic mass is 32.2. The van der Waals surface area contributed by atoms with Gasteiger partial charge in [0, 0.05) is 17.5 Å². The summed E-state index contributed by atoms with van der Waals surface area (Å²) < 4.78 is 16.9. The van der Waals surface area contributed by atoms with Crippen molar-refractivity contribution in [1.82, 2.24) is 10.6 Å². The van der Waals surface area contributed by atoms with Crippen LogP contribution in [0, 0.1) is 17.2 Å². The third kappa shape index (κ3) is 5.14. The summed E-state index contributed by atoms with van der Waals surface area (Å²) >= 11 is 1.20. The Morgan fingerprint density at radius 3 is 2.85 bits per heavy atom. The second kappa shape index (κ2) is 9.69. The summed E-state index contributed by atoms with van der Waals surface area (Å²) in [5.74, 6) is -2.70. The summed E-state index contributed by atoms with van der Waals surface area (Å²) in [7, 11) is 0. The van der Waals surface area contributed by atoms with Gasteiger partial charge in [0.05, 0.1) is 12.7 Å². The Kier molecular flexibility index (Phi) is 6.91. The van der Waals surface area contributed by atoms with E-state index in [4.69, 9.17) is 14.2 Å². The lowest BCUT2D eigenvalue weighted by Gasteiger charge is -2.31. The molecule has 0 aromatic heterocycles. The van der Waals surface area contributed by atoms with Gasteiger partial charge in [0.25, 0.3) is 0 Å². The number of thioether (sulfide) groups is 1. The van der Waals surface area contributed by atoms with E-state index in [0.717, 1.165) is 16.0 Å². The number of hydrogen-bond donors (Lipinski definition) is 2. The number of nitriles is 1. The normalized spacial score (nSPS) is 28.4. The minimum absolute atomic E-state index is 0.0264. The standard InChI is InChI=1S/C24H27N3O5S/c1-23(2)31-15-17(32-23)14-30-22(29)24(19(12-25)18-10-11-26-13-20(18)33-24)27-21(28)9-8-16-6-4-3-5-7-16/h3-9,17,19,26H,10-11,13-15H2,1-2H3,(H,27,28)/b9-8+. The fourth-order valence-corrected chi connectivity index (χ4v) is 5.66. The molecule has 0 saturated carbocycles. The molecule has 4 rings (SSSR count). The van der Waals surface area contributed by atoms with Crippen molar-refractivity contribution in [3.63, 3.8) is 0 Å². The van der Waals surface area contributed by atoms with Gasteiger partial charge in [-0.3, -0.25) is 4.79 Å². The summed E-state index contributed by atoms with van der Waals surface area (Å²) in [5.41, 5.74) is 1.73. The molecule has 0 spiro atoms. The first-order valence-corrected chi connectivity index (χ1v) is 11.7. The van der Waals surface area contributed by atoms with Crippen molar-refractivity contribution in [1.29, 1.82) is 5.26 Å². The van der Waals surface area contributed by atoms with Gasteiger partial charge in [-0.1, -0.05) is 42.1 Å². The van der Waals surface area contributed by atoms with Gasteiger partial charge >= 0.3 is 5.97 Å². The number of carbonyl (C=O) groups is 2. The van der Waals surface area contributed by atoms with Crippen LogP contribution in [0.1, 0.15) is 25.8 Å². The average molecular weight is 470 g/mol. The van der Waals surface area contributed by atoms with Gasteiger partial charge in [-0.25, -0.2) is 4.79 Å². The minimum Gasteiger partial charge on any atom is -0.460 e. The number of nitrogens with one attached hydrogen (secondary N) is 2. The fourth-order valence-electron chi connectivity index (χ4n) is 4.14. The second-order valence-electron chi connectivity index (χ2n) is 8.56. The highest BCUT2D eigenvalue weighted by molar-refractivity contribution is 8.05. The predicted octanol–water partition coefficient (Wildman–Crippen LogP) is 2.34. The molecule has 3 aliphatic heterocycles. The van der Waals surface area contributed by atoms with Crippen LogP contribution in [-0.2, 0) is 23.8 Å². The quantitative estimate of drug-likeness (QED) is 0.483. The molecule has 8 nitrogen and oxygen atoms in total. The van der Waals surface area contributed by atoms with E-state index in [1.54, 1.807) is 19.9 Å². The van der Waals surface area contributed by atoms with Gasteiger partial charge < -0.3 is 24.8 Å². The van der Waals surface area contributed by atoms with E-state index in [1.165, 1.54) is 17.8 Å². The van der Waals surface area contributed by atoms with Crippen LogP contribution in [0.25, 0.3) is 6.08 Å². The largest absolute Gasteiger partial charge is 0.460 e. The van der Waals surface area contributed by atoms with Crippen LogP contribution in [0.15, 0.2) is 46.9 Å². The number of carbonyl (C=O) groups excluding carboxylic acids is 2. The Bertz CT molecular complexity index is 1020. The Hall–Kier alpha value is -2.64. The Morgan fingerprint density at radius 1 is 1.36 bits per heavy atom. The molecule has 0 bridgehead atoms. The van der Waals surface area contributed by atoms with E-state index >= 15 is 0 Å². The van der Waals surface area contributed by atoms with Gasteiger partial charge in [0.1, 0.15) is 18.6 Å². The summed E-state index contributed by atoms with van der Waals surface area (Å²) in [6.07, 6.45) is 3.26. The van der Waals surface area contributed by atoms with Crippen molar-refractivity contribution in [3.8, 4) is 6.07 Å². The van der Waals surface area contributed by atoms with Crippen molar-refractivity contribution >= 4 is 29.7 Å². The molecule has 1 amide bonds. The topological polar surface area (TPSA) is 110 Å². The van der Waals surface area contributed by atoms with Crippen LogP contribution < -0.4 is 10.6 Å². The zero-order valence-corrected chi connectivity index (χ0v) is 19.4. The Morgan fingerprint density at radius 2 is 2.15 bits per heavy atom. The number of esters is 1. The van der Waals surface area contributed by atoms with Gasteiger partial charge in [0.15, 0.2) is 5.79 Å². The SMILES string of the molecule is CC1(C)OCC(COC(=O)C2(NC(=O)/C=C/c3ccccc3)SC3=C(CCNC3)C2C#N)O1. The zero-order valence-electron chi connectivity index (χ0n) is 18.6. The Balaban J connectivity index is 1.53. The lowest BCUT2D eigenvalue weighted by molar-refractivity contribution is -0.161. The Labute approximate surface area is 197 Å². The molecule has 1 aromatic carbocycles. The molecule has 3 atom stereocenters. The molecule has 1 fully saturated rings. The summed E-state index contributed by atoms with van der Waals surface area (Å²) in [6.45, 7) is 5.12. The lowest BCUT2D eigenvalue weighted by Crippen LogP contribution is -2.56. The van der Waals surface area contributed by atoms with Crippen molar-refractivity contribution in [3.05, 3.63) is 52.4 Å². The first kappa shape index (κ1) is 23.5. The van der Waals surface area contributed by atoms with Gasteiger partial charge in [0.2, 0.25) is 10.8 Å². The van der Waals surface area contributed by atoms with E-state index in [-0.39, 0.29) is 6.61 Å². The van der Waals surface area contributed by atoms with Crippen molar-refractivity contribution in [2.45, 2.75) is 37.0 Å². The highest BCUT2D eigenvalue weighted by Gasteiger charge is 2.57. The number of benzene rings is 1. The molecule has 3 unspecified atom stereocenters. The number of ether oxygens (including phenoxy) is 3. The maximum absolute atomic E-state index is 13.4. The van der Waals surface area contributed by atoms with Crippen molar-refractivity contribution in [2.75, 3.05) is 26.3 Å². The van der Waals surface area contributed by atoms with Crippen LogP contribution in [-0.4, -0.2) is 54.9 Å². The summed E-state index contributed by atoms with van der Waals surface area (Å²) in [5, 5.41) is 16.1. The second-order valence-corrected chi connectivity index (χ2v) is 9.90. The van der Waals surface area contributed by atoms with Crippen molar-refractivity contribution < 1.29 is 23.8 Å². The molecular weight excluding hydrogens is 442 g/mol. The summed E-state index contributed by atoms with van der Waals surface area (Å²) in [4.78, 5) is 25.7. The molecule has 9 heteroatoms. The van der Waals surface area contributed by atoms with Gasteiger partial charge in [-0.15, -0.1) is 0 Å². The monoisotopic (exact) mass is 469 g/mol. The van der Waals surface area contributed by atoms with Crippen LogP contribution in [0.2, 0.25) is 0 Å². The van der Waals surface area contributed by atoms with E-state index < -0.39 is 34.6 Å². The molecule has 3 aliphatic rings. The van der Waals surface area contributed by atoms with Crippen LogP contribution in [0.4, 0.5) is 0 Å². The molecule has 1 aromatic rings. The van der Waals surface area contributed by atoms with Crippen molar-refractivity contribution in [2.24, 2.45) is 5.92 Å². The third-order valence-corrected chi connectivity index (χ3v) is 7.17. The lowest BCUT2D eigenvalue weighted by atomic mass is 9.88. The molecule has 33 heavy (non-hydrogen) atoms. The molecular formula is C24H27N3O5S. The highest BCUT2D eigenvalue weighted by Crippen LogP contribution is 2.51. The molecule has 2 N–H and O–H groups in total. The van der Waals surface area contributed by atoms with Gasteiger partial charge in [-0.05, 0) is 44.0 Å². The molecule has 3 heterocycles. The van der Waals surface area contributed by atoms with E-state index in [0.29, 0.717) is 26.1 Å². The summed E-state index contributed by atoms with van der Waals surface area (Å²) in [6, 6.07) is 11.6. The van der Waals surface area contributed by atoms with Crippen LogP contribution in [0.3, 0.4) is 0 Å². The smallest absolute Gasteiger partial charge is 0.344 e.